The van der Waals surface area contributed by atoms with Crippen LogP contribution in [0.3, 0.4) is 0 Å². The zero-order chi connectivity index (χ0) is 14.8. The molecule has 0 aliphatic carbocycles. The molecule has 0 fully saturated rings. The Morgan fingerprint density at radius 2 is 2.00 bits per heavy atom. The van der Waals surface area contributed by atoms with E-state index in [4.69, 9.17) is 22.1 Å². The molecule has 0 bridgehead atoms. The van der Waals surface area contributed by atoms with E-state index in [1.165, 1.54) is 24.4 Å². The third-order valence-corrected chi connectivity index (χ3v) is 2.85. The van der Waals surface area contributed by atoms with E-state index in [-0.39, 0.29) is 18.2 Å². The number of pyridine rings is 1. The summed E-state index contributed by atoms with van der Waals surface area (Å²) >= 11 is 5.84. The van der Waals surface area contributed by atoms with E-state index < -0.39 is 11.7 Å². The molecule has 1 aromatic heterocycles. The predicted octanol–water partition coefficient (Wildman–Crippen LogP) is 4.00. The Morgan fingerprint density at radius 1 is 1.25 bits per heavy atom. The highest BCUT2D eigenvalue weighted by molar-refractivity contribution is 6.31. The Kier molecular flexibility index (Phi) is 4.15. The quantitative estimate of drug-likeness (QED) is 0.932. The van der Waals surface area contributed by atoms with Crippen molar-refractivity contribution in [1.82, 2.24) is 4.98 Å². The second-order valence-electron chi connectivity index (χ2n) is 3.95. The van der Waals surface area contributed by atoms with Crippen molar-refractivity contribution in [3.8, 4) is 11.6 Å². The zero-order valence-electron chi connectivity index (χ0n) is 10.1. The van der Waals surface area contributed by atoms with Crippen LogP contribution in [0.5, 0.6) is 11.6 Å². The SMILES string of the molecule is NCc1cc(Oc2cccc(C(F)(F)F)c2)ncc1Cl. The molecule has 2 rings (SSSR count). The standard InChI is InChI=1S/C13H10ClF3N2O/c14-11-7-19-12(4-8(11)6-18)20-10-3-1-2-9(5-10)13(15,16)17/h1-5,7H,6,18H2. The molecule has 0 aliphatic rings. The van der Waals surface area contributed by atoms with Crippen molar-refractivity contribution in [2.75, 3.05) is 0 Å². The number of alkyl halides is 3. The van der Waals surface area contributed by atoms with Crippen LogP contribution in [0.25, 0.3) is 0 Å². The molecule has 1 aromatic carbocycles. The Bertz CT molecular complexity index is 617. The highest BCUT2D eigenvalue weighted by atomic mass is 35.5. The summed E-state index contributed by atoms with van der Waals surface area (Å²) in [6, 6.07) is 6.03. The lowest BCUT2D eigenvalue weighted by Gasteiger charge is -2.10. The van der Waals surface area contributed by atoms with Gasteiger partial charge in [0.15, 0.2) is 0 Å². The van der Waals surface area contributed by atoms with E-state index in [9.17, 15) is 13.2 Å². The monoisotopic (exact) mass is 302 g/mol. The lowest BCUT2D eigenvalue weighted by atomic mass is 10.2. The van der Waals surface area contributed by atoms with Crippen LogP contribution in [-0.2, 0) is 12.7 Å². The van der Waals surface area contributed by atoms with Crippen LogP contribution >= 0.6 is 11.6 Å². The van der Waals surface area contributed by atoms with E-state index in [0.717, 1.165) is 12.1 Å². The third kappa shape index (κ3) is 3.40. The number of ether oxygens (including phenoxy) is 1. The number of benzene rings is 1. The van der Waals surface area contributed by atoms with Crippen LogP contribution in [0.15, 0.2) is 36.5 Å². The first kappa shape index (κ1) is 14.6. The minimum atomic E-state index is -4.42. The highest BCUT2D eigenvalue weighted by Gasteiger charge is 2.30. The highest BCUT2D eigenvalue weighted by Crippen LogP contribution is 2.32. The molecular weight excluding hydrogens is 293 g/mol. The average Bonchev–Trinajstić information content (AvgIpc) is 2.40. The molecule has 0 aliphatic heterocycles. The maximum Gasteiger partial charge on any atom is 0.416 e. The van der Waals surface area contributed by atoms with Crippen LogP contribution in [0.1, 0.15) is 11.1 Å². The summed E-state index contributed by atoms with van der Waals surface area (Å²) in [5, 5.41) is 0.379. The van der Waals surface area contributed by atoms with Crippen molar-refractivity contribution in [2.24, 2.45) is 5.73 Å². The lowest BCUT2D eigenvalue weighted by Crippen LogP contribution is -2.04. The molecule has 0 atom stereocenters. The van der Waals surface area contributed by atoms with Gasteiger partial charge >= 0.3 is 6.18 Å². The maximum absolute atomic E-state index is 12.6. The molecule has 0 unspecified atom stereocenters. The van der Waals surface area contributed by atoms with Crippen LogP contribution in [0.4, 0.5) is 13.2 Å². The molecule has 0 saturated carbocycles. The summed E-state index contributed by atoms with van der Waals surface area (Å²) in [7, 11) is 0. The Hall–Kier alpha value is -1.79. The Morgan fingerprint density at radius 3 is 2.65 bits per heavy atom. The largest absolute Gasteiger partial charge is 0.439 e. The normalized spacial score (nSPS) is 11.4. The summed E-state index contributed by atoms with van der Waals surface area (Å²) in [4.78, 5) is 3.88. The van der Waals surface area contributed by atoms with Gasteiger partial charge in [-0.25, -0.2) is 4.98 Å². The number of aromatic nitrogens is 1. The zero-order valence-corrected chi connectivity index (χ0v) is 10.9. The third-order valence-electron chi connectivity index (χ3n) is 2.51. The Balaban J connectivity index is 2.26. The minimum Gasteiger partial charge on any atom is -0.439 e. The van der Waals surface area contributed by atoms with Crippen molar-refractivity contribution >= 4 is 11.6 Å². The van der Waals surface area contributed by atoms with E-state index >= 15 is 0 Å². The van der Waals surface area contributed by atoms with E-state index in [1.54, 1.807) is 0 Å². The number of nitrogens with zero attached hydrogens (tertiary/aromatic N) is 1. The molecule has 106 valence electrons. The first-order valence-corrected chi connectivity index (χ1v) is 5.97. The maximum atomic E-state index is 12.6. The smallest absolute Gasteiger partial charge is 0.416 e. The van der Waals surface area contributed by atoms with Crippen molar-refractivity contribution in [3.63, 3.8) is 0 Å². The van der Waals surface area contributed by atoms with Gasteiger partial charge in [0.2, 0.25) is 5.88 Å². The van der Waals surface area contributed by atoms with Gasteiger partial charge in [0, 0.05) is 18.8 Å². The van der Waals surface area contributed by atoms with Gasteiger partial charge in [-0.15, -0.1) is 0 Å². The first-order valence-electron chi connectivity index (χ1n) is 5.60. The number of rotatable bonds is 3. The van der Waals surface area contributed by atoms with Crippen molar-refractivity contribution < 1.29 is 17.9 Å². The number of nitrogens with two attached hydrogens (primary N) is 1. The van der Waals surface area contributed by atoms with Crippen molar-refractivity contribution in [1.29, 1.82) is 0 Å². The van der Waals surface area contributed by atoms with Gasteiger partial charge in [-0.1, -0.05) is 17.7 Å². The van der Waals surface area contributed by atoms with Crippen molar-refractivity contribution in [2.45, 2.75) is 12.7 Å². The first-order chi connectivity index (χ1) is 9.40. The second-order valence-corrected chi connectivity index (χ2v) is 4.35. The molecular formula is C13H10ClF3N2O. The molecule has 0 spiro atoms. The van der Waals surface area contributed by atoms with Crippen LogP contribution in [0.2, 0.25) is 5.02 Å². The van der Waals surface area contributed by atoms with Crippen LogP contribution in [0, 0.1) is 0 Å². The molecule has 2 aromatic rings. The van der Waals surface area contributed by atoms with Gasteiger partial charge in [0.25, 0.3) is 0 Å². The predicted molar refractivity (Wildman–Crippen MR) is 68.7 cm³/mol. The number of hydrogen-bond acceptors (Lipinski definition) is 3. The molecule has 0 amide bonds. The van der Waals surface area contributed by atoms with Gasteiger partial charge in [-0.2, -0.15) is 13.2 Å². The summed E-state index contributed by atoms with van der Waals surface area (Å²) in [5.74, 6) is 0.173. The Labute approximate surface area is 118 Å². The molecule has 0 saturated heterocycles. The van der Waals surface area contributed by atoms with Gasteiger partial charge in [0.05, 0.1) is 10.6 Å². The molecule has 20 heavy (non-hydrogen) atoms. The fourth-order valence-electron chi connectivity index (χ4n) is 1.53. The fourth-order valence-corrected chi connectivity index (χ4v) is 1.71. The van der Waals surface area contributed by atoms with Crippen LogP contribution in [-0.4, -0.2) is 4.98 Å². The fraction of sp³-hybridized carbons (Fsp3) is 0.154. The van der Waals surface area contributed by atoms with E-state index in [0.29, 0.717) is 10.6 Å². The van der Waals surface area contributed by atoms with Gasteiger partial charge in [0.1, 0.15) is 5.75 Å². The average molecular weight is 303 g/mol. The summed E-state index contributed by atoms with van der Waals surface area (Å²) in [6.45, 7) is 0.181. The lowest BCUT2D eigenvalue weighted by molar-refractivity contribution is -0.137. The molecule has 2 N–H and O–H groups in total. The minimum absolute atomic E-state index is 0.0395. The molecule has 0 radical (unpaired) electrons. The van der Waals surface area contributed by atoms with E-state index in [2.05, 4.69) is 4.98 Å². The summed E-state index contributed by atoms with van der Waals surface area (Å²) in [5.41, 5.74) is 5.29. The summed E-state index contributed by atoms with van der Waals surface area (Å²) < 4.78 is 43.0. The number of hydrogen-bond donors (Lipinski definition) is 1. The van der Waals surface area contributed by atoms with Gasteiger partial charge < -0.3 is 10.5 Å². The van der Waals surface area contributed by atoms with Crippen molar-refractivity contribution in [3.05, 3.63) is 52.7 Å². The topological polar surface area (TPSA) is 48.1 Å². The van der Waals surface area contributed by atoms with Gasteiger partial charge in [-0.05, 0) is 23.8 Å². The van der Waals surface area contributed by atoms with Gasteiger partial charge in [-0.3, -0.25) is 0 Å². The molecule has 1 heterocycles. The number of halogens is 4. The molecule has 3 nitrogen and oxygen atoms in total. The second kappa shape index (κ2) is 5.68. The van der Waals surface area contributed by atoms with Crippen LogP contribution < -0.4 is 10.5 Å². The van der Waals surface area contributed by atoms with E-state index in [1.807, 2.05) is 0 Å². The summed E-state index contributed by atoms with van der Waals surface area (Å²) in [6.07, 6.45) is -3.08. The molecule has 7 heteroatoms.